The summed E-state index contributed by atoms with van der Waals surface area (Å²) in [5.74, 6) is 0. The fourth-order valence-electron chi connectivity index (χ4n) is 2.98. The van der Waals surface area contributed by atoms with E-state index in [2.05, 4.69) is 38.8 Å². The Labute approximate surface area is 140 Å². The molecule has 0 unspecified atom stereocenters. The van der Waals surface area contributed by atoms with Crippen molar-refractivity contribution in [3.05, 3.63) is 59.0 Å². The van der Waals surface area contributed by atoms with Crippen molar-refractivity contribution in [2.45, 2.75) is 6.54 Å². The van der Waals surface area contributed by atoms with Gasteiger partial charge in [-0.05, 0) is 6.07 Å². The summed E-state index contributed by atoms with van der Waals surface area (Å²) >= 11 is 3.48. The number of aromatic nitrogens is 2. The van der Waals surface area contributed by atoms with Gasteiger partial charge in [-0.15, -0.1) is 0 Å². The first-order valence-electron chi connectivity index (χ1n) is 6.55. The van der Waals surface area contributed by atoms with E-state index < -0.39 is 0 Å². The summed E-state index contributed by atoms with van der Waals surface area (Å²) in [7, 11) is 0. The second-order valence-corrected chi connectivity index (χ2v) is 5.66. The van der Waals surface area contributed by atoms with Gasteiger partial charge in [-0.1, -0.05) is 34.1 Å². The number of nitrogens with zero attached hydrogens (tertiary/aromatic N) is 2. The normalized spacial score (nSPS) is 11.3. The van der Waals surface area contributed by atoms with E-state index in [-0.39, 0.29) is 22.5 Å². The molecule has 0 bridgehead atoms. The summed E-state index contributed by atoms with van der Waals surface area (Å²) in [5, 5.41) is 3.16. The lowest BCUT2D eigenvalue weighted by Gasteiger charge is -2.00. The molecule has 0 fully saturated rings. The molecule has 0 aliphatic carbocycles. The number of benzene rings is 1. The van der Waals surface area contributed by atoms with Crippen LogP contribution in [0.1, 0.15) is 0 Å². The lowest BCUT2D eigenvalue weighted by Crippen LogP contribution is -3.00. The lowest BCUT2D eigenvalue weighted by atomic mass is 10.2. The van der Waals surface area contributed by atoms with Crippen LogP contribution < -0.4 is 27.1 Å². The van der Waals surface area contributed by atoms with E-state index in [9.17, 15) is 4.79 Å². The molecule has 3 heterocycles. The van der Waals surface area contributed by atoms with Gasteiger partial charge in [-0.25, -0.2) is 0 Å². The predicted molar refractivity (Wildman–Crippen MR) is 83.9 cm³/mol. The Morgan fingerprint density at radius 1 is 1.05 bits per heavy atom. The minimum Gasteiger partial charge on any atom is -1.00 e. The molecule has 0 amide bonds. The maximum absolute atomic E-state index is 12.3. The number of aryl methyl sites for hydroxylation is 1. The monoisotopic (exact) mass is 406 g/mol. The number of rotatable bonds is 2. The van der Waals surface area contributed by atoms with Gasteiger partial charge in [0.1, 0.15) is 5.52 Å². The number of alkyl halides is 1. The van der Waals surface area contributed by atoms with E-state index in [0.29, 0.717) is 0 Å². The van der Waals surface area contributed by atoms with Gasteiger partial charge >= 0.3 is 0 Å². The van der Waals surface area contributed by atoms with Gasteiger partial charge in [0.15, 0.2) is 12.7 Å². The van der Waals surface area contributed by atoms with Crippen LogP contribution in [0, 0.1) is 0 Å². The molecule has 4 rings (SSSR count). The second-order valence-electron chi connectivity index (χ2n) is 4.87. The van der Waals surface area contributed by atoms with Gasteiger partial charge in [0.25, 0.3) is 5.56 Å². The Morgan fingerprint density at radius 2 is 1.86 bits per heavy atom. The molecule has 0 N–H and O–H groups in total. The van der Waals surface area contributed by atoms with Crippen molar-refractivity contribution in [3.63, 3.8) is 0 Å². The van der Waals surface area contributed by atoms with Crippen molar-refractivity contribution in [1.82, 2.24) is 4.40 Å². The van der Waals surface area contributed by atoms with Crippen molar-refractivity contribution in [1.29, 1.82) is 0 Å². The third-order valence-corrected chi connectivity index (χ3v) is 4.17. The molecule has 3 aromatic heterocycles. The highest BCUT2D eigenvalue weighted by Crippen LogP contribution is 2.28. The van der Waals surface area contributed by atoms with Crippen LogP contribution in [0.3, 0.4) is 0 Å². The van der Waals surface area contributed by atoms with Gasteiger partial charge in [0.2, 0.25) is 5.52 Å². The van der Waals surface area contributed by atoms with Crippen LogP contribution in [0.15, 0.2) is 53.5 Å². The Hall–Kier alpha value is -1.46. The van der Waals surface area contributed by atoms with Crippen LogP contribution >= 0.6 is 15.9 Å². The Morgan fingerprint density at radius 3 is 2.67 bits per heavy atom. The summed E-state index contributed by atoms with van der Waals surface area (Å²) < 4.78 is 4.00. The number of pyridine rings is 2. The molecule has 0 saturated heterocycles. The zero-order valence-electron chi connectivity index (χ0n) is 11.1. The number of para-hydroxylation sites is 1. The summed E-state index contributed by atoms with van der Waals surface area (Å²) in [6.07, 6.45) is 2.09. The van der Waals surface area contributed by atoms with Crippen molar-refractivity contribution in [3.8, 4) is 0 Å². The molecule has 0 saturated carbocycles. The van der Waals surface area contributed by atoms with E-state index in [4.69, 9.17) is 0 Å². The first-order chi connectivity index (χ1) is 9.81. The van der Waals surface area contributed by atoms with Gasteiger partial charge in [0, 0.05) is 29.0 Å². The maximum atomic E-state index is 12.3. The molecule has 5 heteroatoms. The molecule has 106 valence electrons. The summed E-state index contributed by atoms with van der Waals surface area (Å²) in [6.45, 7) is 0.880. The van der Waals surface area contributed by atoms with Crippen molar-refractivity contribution < 1.29 is 21.5 Å². The molecule has 0 atom stereocenters. The van der Waals surface area contributed by atoms with E-state index >= 15 is 0 Å². The van der Waals surface area contributed by atoms with Gasteiger partial charge in [-0.3, -0.25) is 9.20 Å². The quantitative estimate of drug-likeness (QED) is 0.332. The first kappa shape index (κ1) is 14.5. The van der Waals surface area contributed by atoms with Gasteiger partial charge in [-0.2, -0.15) is 4.57 Å². The maximum Gasteiger partial charge on any atom is 0.256 e. The zero-order valence-corrected chi connectivity index (χ0v) is 14.3. The van der Waals surface area contributed by atoms with Crippen molar-refractivity contribution >= 4 is 43.3 Å². The minimum atomic E-state index is 0. The highest BCUT2D eigenvalue weighted by molar-refractivity contribution is 9.09. The lowest BCUT2D eigenvalue weighted by molar-refractivity contribution is -0.666. The molecule has 0 aliphatic rings. The largest absolute Gasteiger partial charge is 1.00 e. The Bertz CT molecular complexity index is 994. The summed E-state index contributed by atoms with van der Waals surface area (Å²) in [5.41, 5.74) is 3.12. The van der Waals surface area contributed by atoms with Crippen molar-refractivity contribution in [2.24, 2.45) is 0 Å². The molecule has 1 aromatic carbocycles. The van der Waals surface area contributed by atoms with Crippen LogP contribution in [0.25, 0.3) is 27.3 Å². The van der Waals surface area contributed by atoms with E-state index in [0.717, 1.165) is 39.2 Å². The molecule has 0 radical (unpaired) electrons. The first-order valence-corrected chi connectivity index (χ1v) is 7.67. The Kier molecular flexibility index (Phi) is 3.71. The van der Waals surface area contributed by atoms with E-state index in [1.165, 1.54) is 0 Å². The van der Waals surface area contributed by atoms with Crippen LogP contribution in [0.4, 0.5) is 0 Å². The van der Waals surface area contributed by atoms with Gasteiger partial charge < -0.3 is 17.0 Å². The third kappa shape index (κ3) is 1.99. The van der Waals surface area contributed by atoms with E-state index in [1.807, 2.05) is 28.7 Å². The van der Waals surface area contributed by atoms with Crippen LogP contribution in [0.5, 0.6) is 0 Å². The average Bonchev–Trinajstić information content (AvgIpc) is 2.81. The highest BCUT2D eigenvalue weighted by atomic mass is 79.9. The molecular formula is C16H12Br2N2O. The van der Waals surface area contributed by atoms with Crippen LogP contribution in [-0.4, -0.2) is 9.73 Å². The van der Waals surface area contributed by atoms with E-state index in [1.54, 1.807) is 6.07 Å². The number of hydrogen-bond donors (Lipinski definition) is 0. The van der Waals surface area contributed by atoms with Crippen LogP contribution in [-0.2, 0) is 6.54 Å². The average molecular weight is 408 g/mol. The van der Waals surface area contributed by atoms with Crippen molar-refractivity contribution in [2.75, 3.05) is 5.33 Å². The summed E-state index contributed by atoms with van der Waals surface area (Å²) in [4.78, 5) is 12.3. The molecule has 4 aromatic rings. The number of fused-ring (bicyclic) bond motifs is 3. The molecular weight excluding hydrogens is 396 g/mol. The third-order valence-electron chi connectivity index (χ3n) is 3.82. The molecule has 3 nitrogen and oxygen atoms in total. The fourth-order valence-corrected chi connectivity index (χ4v) is 3.36. The minimum absolute atomic E-state index is 0. The predicted octanol–water partition coefficient (Wildman–Crippen LogP) is -0.270. The highest BCUT2D eigenvalue weighted by Gasteiger charge is 2.18. The zero-order chi connectivity index (χ0) is 13.7. The number of hydrogen-bond acceptors (Lipinski definition) is 1. The smallest absolute Gasteiger partial charge is 0.256 e. The Balaban J connectivity index is 0.00000132. The van der Waals surface area contributed by atoms with Gasteiger partial charge in [0.05, 0.1) is 10.8 Å². The standard InChI is InChI=1S/C16H12BrN2O.BrH/c17-8-10-18-9-7-12-11-3-1-2-4-13(11)19-15(20)6-5-14(18)16(12)19;/h1-7,9H,8,10H2;1H/q+1;/p-1. The molecule has 21 heavy (non-hydrogen) atoms. The molecule has 0 spiro atoms. The summed E-state index contributed by atoms with van der Waals surface area (Å²) in [6, 6.07) is 13.7. The second kappa shape index (κ2) is 5.39. The topological polar surface area (TPSA) is 25.4 Å². The fraction of sp³-hybridized carbons (Fsp3) is 0.125. The number of halogens is 2. The molecule has 0 aliphatic heterocycles. The SMILES string of the molecule is O=c1ccc2c3c(cc[n+]2CCBr)c2ccccc2n13.[Br-]. The van der Waals surface area contributed by atoms with Crippen LogP contribution in [0.2, 0.25) is 0 Å².